The highest BCUT2D eigenvalue weighted by atomic mass is 32.2. The molecule has 0 aromatic heterocycles. The monoisotopic (exact) mass is 289 g/mol. The summed E-state index contributed by atoms with van der Waals surface area (Å²) in [7, 11) is -0.945. The molecule has 112 valence electrons. The molecule has 2 rings (SSSR count). The molecule has 2 heterocycles. The molecule has 2 aliphatic rings. The van der Waals surface area contributed by atoms with Gasteiger partial charge in [0.2, 0.25) is 10.0 Å². The third kappa shape index (κ3) is 4.15. The molecular formula is C13H27N3O2S. The normalized spacial score (nSPS) is 32.4. The van der Waals surface area contributed by atoms with E-state index in [1.165, 1.54) is 19.3 Å². The second-order valence-electron chi connectivity index (χ2n) is 6.00. The Morgan fingerprint density at radius 2 is 1.84 bits per heavy atom. The van der Waals surface area contributed by atoms with Gasteiger partial charge in [-0.15, -0.1) is 0 Å². The number of unbranched alkanes of at least 4 members (excludes halogenated alkanes) is 1. The van der Waals surface area contributed by atoms with Crippen LogP contribution in [0.2, 0.25) is 0 Å². The van der Waals surface area contributed by atoms with Crippen LogP contribution in [-0.2, 0) is 10.0 Å². The van der Waals surface area contributed by atoms with E-state index in [9.17, 15) is 8.42 Å². The van der Waals surface area contributed by atoms with Crippen LogP contribution in [0.5, 0.6) is 0 Å². The van der Waals surface area contributed by atoms with E-state index in [0.717, 1.165) is 19.3 Å². The van der Waals surface area contributed by atoms with Crippen LogP contribution in [0.1, 0.15) is 44.9 Å². The lowest BCUT2D eigenvalue weighted by Gasteiger charge is -2.47. The molecule has 0 spiro atoms. The van der Waals surface area contributed by atoms with Crippen LogP contribution in [0.25, 0.3) is 0 Å². The van der Waals surface area contributed by atoms with Crippen molar-refractivity contribution >= 4 is 10.0 Å². The molecule has 2 aliphatic heterocycles. The minimum Gasteiger partial charge on any atom is -0.330 e. The van der Waals surface area contributed by atoms with Crippen LogP contribution in [0.4, 0.5) is 0 Å². The van der Waals surface area contributed by atoms with Crippen molar-refractivity contribution in [3.05, 3.63) is 0 Å². The van der Waals surface area contributed by atoms with Gasteiger partial charge >= 0.3 is 0 Å². The Morgan fingerprint density at radius 1 is 1.21 bits per heavy atom. The molecular weight excluding hydrogens is 262 g/mol. The highest BCUT2D eigenvalue weighted by molar-refractivity contribution is 7.89. The van der Waals surface area contributed by atoms with E-state index in [4.69, 9.17) is 5.73 Å². The van der Waals surface area contributed by atoms with E-state index in [0.29, 0.717) is 25.0 Å². The lowest BCUT2D eigenvalue weighted by atomic mass is 9.83. The van der Waals surface area contributed by atoms with Gasteiger partial charge in [-0.25, -0.2) is 13.1 Å². The van der Waals surface area contributed by atoms with Gasteiger partial charge in [-0.1, -0.05) is 6.42 Å². The van der Waals surface area contributed by atoms with E-state index in [1.807, 2.05) is 0 Å². The maximum atomic E-state index is 12.0. The van der Waals surface area contributed by atoms with Gasteiger partial charge in [0.25, 0.3) is 0 Å². The van der Waals surface area contributed by atoms with Crippen molar-refractivity contribution in [1.29, 1.82) is 0 Å². The van der Waals surface area contributed by atoms with Gasteiger partial charge in [-0.3, -0.25) is 0 Å². The van der Waals surface area contributed by atoms with E-state index >= 15 is 0 Å². The smallest absolute Gasteiger partial charge is 0.211 e. The number of nitrogens with one attached hydrogen (secondary N) is 1. The zero-order valence-corrected chi connectivity index (χ0v) is 12.7. The summed E-state index contributed by atoms with van der Waals surface area (Å²) in [6, 6.07) is 1.25. The molecule has 2 bridgehead atoms. The minimum atomic E-state index is -3.13. The van der Waals surface area contributed by atoms with Gasteiger partial charge in [-0.05, 0) is 52.1 Å². The highest BCUT2D eigenvalue weighted by Crippen LogP contribution is 2.32. The Morgan fingerprint density at radius 3 is 2.42 bits per heavy atom. The van der Waals surface area contributed by atoms with Crippen molar-refractivity contribution in [2.45, 2.75) is 63.1 Å². The van der Waals surface area contributed by atoms with Crippen molar-refractivity contribution in [1.82, 2.24) is 9.62 Å². The third-order valence-corrected chi connectivity index (χ3v) is 6.07. The van der Waals surface area contributed by atoms with Gasteiger partial charge in [0.05, 0.1) is 5.75 Å². The lowest BCUT2D eigenvalue weighted by Crippen LogP contribution is -2.55. The topological polar surface area (TPSA) is 75.4 Å². The molecule has 2 atom stereocenters. The number of piperidine rings is 2. The van der Waals surface area contributed by atoms with Crippen LogP contribution in [0, 0.1) is 0 Å². The Bertz CT molecular complexity index is 371. The van der Waals surface area contributed by atoms with Gasteiger partial charge in [0, 0.05) is 18.1 Å². The second kappa shape index (κ2) is 6.52. The van der Waals surface area contributed by atoms with Crippen LogP contribution < -0.4 is 10.5 Å². The van der Waals surface area contributed by atoms with Gasteiger partial charge in [0.1, 0.15) is 0 Å². The van der Waals surface area contributed by atoms with Gasteiger partial charge in [-0.2, -0.15) is 0 Å². The molecule has 0 aromatic rings. The minimum absolute atomic E-state index is 0.134. The first-order chi connectivity index (χ1) is 9.02. The summed E-state index contributed by atoms with van der Waals surface area (Å²) < 4.78 is 26.9. The molecule has 0 aliphatic carbocycles. The zero-order chi connectivity index (χ0) is 13.9. The van der Waals surface area contributed by atoms with E-state index in [2.05, 4.69) is 16.7 Å². The fraction of sp³-hybridized carbons (Fsp3) is 1.00. The summed E-state index contributed by atoms with van der Waals surface area (Å²) in [5.74, 6) is 0.214. The van der Waals surface area contributed by atoms with Crippen molar-refractivity contribution in [3.63, 3.8) is 0 Å². The SMILES string of the molecule is CN1C2CCCC1CC(NS(=O)(=O)CCCCN)C2. The van der Waals surface area contributed by atoms with Crippen molar-refractivity contribution in [2.24, 2.45) is 5.73 Å². The quantitative estimate of drug-likeness (QED) is 0.704. The first-order valence-corrected chi connectivity index (χ1v) is 9.09. The fourth-order valence-corrected chi connectivity index (χ4v) is 4.86. The molecule has 6 heteroatoms. The standard InChI is InChI=1S/C13H27N3O2S/c1-16-12-5-4-6-13(16)10-11(9-12)15-19(17,18)8-3-2-7-14/h11-13,15H,2-10,14H2,1H3. The summed E-state index contributed by atoms with van der Waals surface area (Å²) in [5.41, 5.74) is 5.40. The molecule has 2 saturated heterocycles. The molecule has 0 aromatic carbocycles. The third-order valence-electron chi connectivity index (χ3n) is 4.55. The average molecular weight is 289 g/mol. The number of hydrogen-bond donors (Lipinski definition) is 2. The predicted molar refractivity (Wildman–Crippen MR) is 77.4 cm³/mol. The maximum Gasteiger partial charge on any atom is 0.211 e. The predicted octanol–water partition coefficient (Wildman–Crippen LogP) is 0.660. The largest absolute Gasteiger partial charge is 0.330 e. The molecule has 2 unspecified atom stereocenters. The number of hydrogen-bond acceptors (Lipinski definition) is 4. The van der Waals surface area contributed by atoms with Crippen LogP contribution in [0.15, 0.2) is 0 Å². The summed E-state index contributed by atoms with van der Waals surface area (Å²) in [4.78, 5) is 2.45. The van der Waals surface area contributed by atoms with Crippen molar-refractivity contribution in [2.75, 3.05) is 19.3 Å². The van der Waals surface area contributed by atoms with Crippen LogP contribution in [-0.4, -0.2) is 50.8 Å². The summed E-state index contributed by atoms with van der Waals surface area (Å²) in [6.07, 6.45) is 7.06. The van der Waals surface area contributed by atoms with Crippen molar-refractivity contribution < 1.29 is 8.42 Å². The summed E-state index contributed by atoms with van der Waals surface area (Å²) in [6.45, 7) is 0.563. The first-order valence-electron chi connectivity index (χ1n) is 7.44. The second-order valence-corrected chi connectivity index (χ2v) is 7.88. The summed E-state index contributed by atoms with van der Waals surface area (Å²) in [5, 5.41) is 0. The number of fused-ring (bicyclic) bond motifs is 2. The number of nitrogens with two attached hydrogens (primary N) is 1. The van der Waals surface area contributed by atoms with E-state index in [1.54, 1.807) is 0 Å². The molecule has 19 heavy (non-hydrogen) atoms. The molecule has 2 fully saturated rings. The summed E-state index contributed by atoms with van der Waals surface area (Å²) >= 11 is 0. The fourth-order valence-electron chi connectivity index (χ4n) is 3.46. The first kappa shape index (κ1) is 15.2. The Balaban J connectivity index is 1.86. The van der Waals surface area contributed by atoms with Gasteiger partial charge in [0.15, 0.2) is 0 Å². The zero-order valence-electron chi connectivity index (χ0n) is 11.8. The number of rotatable bonds is 6. The van der Waals surface area contributed by atoms with E-state index in [-0.39, 0.29) is 11.8 Å². The number of nitrogens with zero attached hydrogens (tertiary/aromatic N) is 1. The molecule has 0 saturated carbocycles. The Kier molecular flexibility index (Phi) is 5.22. The molecule has 5 nitrogen and oxygen atoms in total. The lowest BCUT2D eigenvalue weighted by molar-refractivity contribution is 0.0536. The Hall–Kier alpha value is -0.170. The molecule has 0 amide bonds. The van der Waals surface area contributed by atoms with Gasteiger partial charge < -0.3 is 10.6 Å². The maximum absolute atomic E-state index is 12.0. The van der Waals surface area contributed by atoms with E-state index < -0.39 is 10.0 Å². The highest BCUT2D eigenvalue weighted by Gasteiger charge is 2.37. The Labute approximate surface area is 117 Å². The van der Waals surface area contributed by atoms with Crippen LogP contribution in [0.3, 0.4) is 0 Å². The van der Waals surface area contributed by atoms with Crippen molar-refractivity contribution in [3.8, 4) is 0 Å². The van der Waals surface area contributed by atoms with Crippen LogP contribution >= 0.6 is 0 Å². The molecule has 0 radical (unpaired) electrons. The number of sulfonamides is 1. The molecule has 3 N–H and O–H groups in total. The average Bonchev–Trinajstić information content (AvgIpc) is 2.30.